The fourth-order valence-electron chi connectivity index (χ4n) is 1.06. The van der Waals surface area contributed by atoms with Gasteiger partial charge in [-0.25, -0.2) is 0 Å². The van der Waals surface area contributed by atoms with Crippen LogP contribution in [-0.4, -0.2) is 54.8 Å². The minimum Gasteiger partial charge on any atom is -0.391 e. The van der Waals surface area contributed by atoms with Crippen molar-refractivity contribution in [2.75, 3.05) is 38.7 Å². The molecular weight excluding hydrogens is 190 g/mol. The summed E-state index contributed by atoms with van der Waals surface area (Å²) in [4.78, 5) is 2.13. The average Bonchev–Trinajstić information content (AvgIpc) is 2.16. The molecule has 80 valence electrons. The first-order chi connectivity index (χ1) is 6.24. The van der Waals surface area contributed by atoms with Crippen LogP contribution in [0, 0.1) is 0 Å². The molecule has 13 heavy (non-hydrogen) atoms. The van der Waals surface area contributed by atoms with E-state index in [4.69, 9.17) is 16.3 Å². The molecule has 0 aliphatic heterocycles. The van der Waals surface area contributed by atoms with E-state index in [1.165, 1.54) is 0 Å². The average molecular weight is 210 g/mol. The zero-order chi connectivity index (χ0) is 10.1. The maximum Gasteiger partial charge on any atom is 0.0802 e. The van der Waals surface area contributed by atoms with E-state index in [1.54, 1.807) is 0 Å². The van der Waals surface area contributed by atoms with E-state index in [0.717, 1.165) is 26.3 Å². The number of alkyl halides is 1. The molecule has 0 aromatic rings. The first-order valence-corrected chi connectivity index (χ1v) is 5.32. The summed E-state index contributed by atoms with van der Waals surface area (Å²) in [7, 11) is 0. The summed E-state index contributed by atoms with van der Waals surface area (Å²) in [5, 5.41) is 9.30. The topological polar surface area (TPSA) is 32.7 Å². The predicted molar refractivity (Wildman–Crippen MR) is 55.3 cm³/mol. The van der Waals surface area contributed by atoms with Crippen LogP contribution in [0.4, 0.5) is 0 Å². The van der Waals surface area contributed by atoms with Gasteiger partial charge < -0.3 is 9.84 Å². The van der Waals surface area contributed by atoms with Gasteiger partial charge in [-0.3, -0.25) is 4.90 Å². The Morgan fingerprint density at radius 3 is 2.62 bits per heavy atom. The maximum absolute atomic E-state index is 9.30. The highest BCUT2D eigenvalue weighted by Crippen LogP contribution is 1.94. The Labute approximate surface area is 85.6 Å². The summed E-state index contributed by atoms with van der Waals surface area (Å²) < 4.78 is 5.22. The third-order valence-corrected chi connectivity index (χ3v) is 2.21. The number of hydrogen-bond acceptors (Lipinski definition) is 3. The van der Waals surface area contributed by atoms with Gasteiger partial charge in [-0.05, 0) is 13.5 Å². The number of halogens is 1. The molecule has 4 heteroatoms. The van der Waals surface area contributed by atoms with Crippen molar-refractivity contribution in [1.29, 1.82) is 0 Å². The van der Waals surface area contributed by atoms with Crippen molar-refractivity contribution in [3.63, 3.8) is 0 Å². The van der Waals surface area contributed by atoms with Crippen LogP contribution in [0.15, 0.2) is 0 Å². The second-order valence-electron chi connectivity index (χ2n) is 2.90. The Morgan fingerprint density at radius 2 is 2.15 bits per heavy atom. The smallest absolute Gasteiger partial charge is 0.0802 e. The third kappa shape index (κ3) is 7.26. The second-order valence-corrected chi connectivity index (χ2v) is 3.21. The van der Waals surface area contributed by atoms with Crippen molar-refractivity contribution in [1.82, 2.24) is 4.90 Å². The van der Waals surface area contributed by atoms with Gasteiger partial charge in [0.05, 0.1) is 12.7 Å². The van der Waals surface area contributed by atoms with E-state index in [2.05, 4.69) is 11.8 Å². The fourth-order valence-corrected chi connectivity index (χ4v) is 1.16. The lowest BCUT2D eigenvalue weighted by Gasteiger charge is -2.22. The van der Waals surface area contributed by atoms with Gasteiger partial charge >= 0.3 is 0 Å². The Kier molecular flexibility index (Phi) is 8.87. The van der Waals surface area contributed by atoms with Gasteiger partial charge in [-0.15, -0.1) is 11.6 Å². The molecule has 0 aliphatic rings. The molecule has 0 spiro atoms. The lowest BCUT2D eigenvalue weighted by molar-refractivity contribution is 0.0869. The lowest BCUT2D eigenvalue weighted by Crippen LogP contribution is -2.35. The summed E-state index contributed by atoms with van der Waals surface area (Å²) >= 11 is 5.51. The van der Waals surface area contributed by atoms with E-state index in [0.29, 0.717) is 12.4 Å². The van der Waals surface area contributed by atoms with Crippen LogP contribution in [0.1, 0.15) is 13.8 Å². The van der Waals surface area contributed by atoms with Crippen LogP contribution in [0.3, 0.4) is 0 Å². The molecule has 1 N–H and O–H groups in total. The van der Waals surface area contributed by atoms with E-state index >= 15 is 0 Å². The summed E-state index contributed by atoms with van der Waals surface area (Å²) in [5.74, 6) is 0.297. The van der Waals surface area contributed by atoms with Crippen LogP contribution >= 0.6 is 11.6 Å². The molecule has 0 radical (unpaired) electrons. The molecule has 0 aromatic carbocycles. The molecule has 0 fully saturated rings. The van der Waals surface area contributed by atoms with Crippen LogP contribution in [0.5, 0.6) is 0 Å². The SMILES string of the molecule is CCOCCN(CC)CC(O)CCl. The highest BCUT2D eigenvalue weighted by molar-refractivity contribution is 6.18. The zero-order valence-electron chi connectivity index (χ0n) is 8.50. The van der Waals surface area contributed by atoms with Gasteiger partial charge in [-0.1, -0.05) is 6.92 Å². The Bertz CT molecular complexity index is 114. The Hall–Kier alpha value is 0.170. The summed E-state index contributed by atoms with van der Waals surface area (Å²) in [6, 6.07) is 0. The molecule has 0 amide bonds. The molecule has 0 aliphatic carbocycles. The van der Waals surface area contributed by atoms with Crippen LogP contribution < -0.4 is 0 Å². The van der Waals surface area contributed by atoms with Gasteiger partial charge in [0.1, 0.15) is 0 Å². The molecule has 3 nitrogen and oxygen atoms in total. The monoisotopic (exact) mass is 209 g/mol. The number of rotatable bonds is 8. The molecular formula is C9H20ClNO2. The number of likely N-dealkylation sites (N-methyl/N-ethyl adjacent to an activating group) is 1. The van der Waals surface area contributed by atoms with Gasteiger partial charge in [0.2, 0.25) is 0 Å². The van der Waals surface area contributed by atoms with Crippen molar-refractivity contribution in [2.24, 2.45) is 0 Å². The van der Waals surface area contributed by atoms with Gasteiger partial charge in [-0.2, -0.15) is 0 Å². The molecule has 0 heterocycles. The number of aliphatic hydroxyl groups excluding tert-OH is 1. The largest absolute Gasteiger partial charge is 0.391 e. The first kappa shape index (κ1) is 13.2. The molecule has 0 saturated heterocycles. The Balaban J connectivity index is 3.50. The number of ether oxygens (including phenoxy) is 1. The van der Waals surface area contributed by atoms with Crippen molar-refractivity contribution in [3.8, 4) is 0 Å². The molecule has 0 saturated carbocycles. The van der Waals surface area contributed by atoms with Crippen molar-refractivity contribution in [3.05, 3.63) is 0 Å². The standard InChI is InChI=1S/C9H20ClNO2/c1-3-11(5-6-13-4-2)8-9(12)7-10/h9,12H,3-8H2,1-2H3. The van der Waals surface area contributed by atoms with Crippen LogP contribution in [-0.2, 0) is 4.74 Å². The van der Waals surface area contributed by atoms with E-state index in [1.807, 2.05) is 6.92 Å². The zero-order valence-corrected chi connectivity index (χ0v) is 9.26. The second kappa shape index (κ2) is 8.75. The van der Waals surface area contributed by atoms with E-state index in [9.17, 15) is 5.11 Å². The fraction of sp³-hybridized carbons (Fsp3) is 1.00. The van der Waals surface area contributed by atoms with E-state index in [-0.39, 0.29) is 0 Å². The highest BCUT2D eigenvalue weighted by atomic mass is 35.5. The van der Waals surface area contributed by atoms with Crippen LogP contribution in [0.2, 0.25) is 0 Å². The molecule has 1 atom stereocenters. The highest BCUT2D eigenvalue weighted by Gasteiger charge is 2.08. The third-order valence-electron chi connectivity index (χ3n) is 1.85. The summed E-state index contributed by atoms with van der Waals surface area (Å²) in [6.07, 6.45) is -0.428. The van der Waals surface area contributed by atoms with Gasteiger partial charge in [0.25, 0.3) is 0 Å². The van der Waals surface area contributed by atoms with E-state index < -0.39 is 6.10 Å². The van der Waals surface area contributed by atoms with Crippen molar-refractivity contribution in [2.45, 2.75) is 20.0 Å². The quantitative estimate of drug-likeness (QED) is 0.477. The first-order valence-electron chi connectivity index (χ1n) is 4.78. The van der Waals surface area contributed by atoms with Crippen LogP contribution in [0.25, 0.3) is 0 Å². The minimum absolute atomic E-state index is 0.297. The van der Waals surface area contributed by atoms with Gasteiger partial charge in [0.15, 0.2) is 0 Å². The lowest BCUT2D eigenvalue weighted by atomic mass is 10.3. The number of aliphatic hydroxyl groups is 1. The summed E-state index contributed by atoms with van der Waals surface area (Å²) in [6.45, 7) is 7.91. The molecule has 1 unspecified atom stereocenters. The molecule has 0 aromatic heterocycles. The Morgan fingerprint density at radius 1 is 1.46 bits per heavy atom. The van der Waals surface area contributed by atoms with Crippen molar-refractivity contribution >= 4 is 11.6 Å². The number of hydrogen-bond donors (Lipinski definition) is 1. The summed E-state index contributed by atoms with van der Waals surface area (Å²) in [5.41, 5.74) is 0. The molecule has 0 rings (SSSR count). The normalized spacial score (nSPS) is 13.6. The number of nitrogens with zero attached hydrogens (tertiary/aromatic N) is 1. The maximum atomic E-state index is 9.30. The molecule has 0 bridgehead atoms. The van der Waals surface area contributed by atoms with Gasteiger partial charge in [0, 0.05) is 25.6 Å². The predicted octanol–water partition coefficient (Wildman–Crippen LogP) is 0.945. The minimum atomic E-state index is -0.428. The van der Waals surface area contributed by atoms with Crippen molar-refractivity contribution < 1.29 is 9.84 Å².